The van der Waals surface area contributed by atoms with E-state index >= 15 is 0 Å². The smallest absolute Gasteiger partial charge is 0.191 e. The van der Waals surface area contributed by atoms with Crippen LogP contribution in [0.4, 0.5) is 4.39 Å². The van der Waals surface area contributed by atoms with Crippen molar-refractivity contribution in [3.63, 3.8) is 0 Å². The van der Waals surface area contributed by atoms with Gasteiger partial charge in [0.15, 0.2) is 5.96 Å². The van der Waals surface area contributed by atoms with Crippen molar-refractivity contribution in [2.24, 2.45) is 10.9 Å². The number of guanidine groups is 1. The average molecular weight is 348 g/mol. The van der Waals surface area contributed by atoms with Crippen molar-refractivity contribution in [3.05, 3.63) is 35.6 Å². The highest BCUT2D eigenvalue weighted by Crippen LogP contribution is 2.31. The van der Waals surface area contributed by atoms with Crippen LogP contribution < -0.4 is 10.6 Å². The van der Waals surface area contributed by atoms with E-state index in [4.69, 9.17) is 4.74 Å². The number of ether oxygens (including phenoxy) is 1. The quantitative estimate of drug-likeness (QED) is 0.586. The van der Waals surface area contributed by atoms with Gasteiger partial charge >= 0.3 is 0 Å². The lowest BCUT2D eigenvalue weighted by molar-refractivity contribution is 0.0170. The third-order valence-electron chi connectivity index (χ3n) is 4.97. The Hall–Kier alpha value is -1.66. The molecule has 1 aliphatic carbocycles. The van der Waals surface area contributed by atoms with E-state index < -0.39 is 0 Å². The molecule has 1 heterocycles. The van der Waals surface area contributed by atoms with Crippen LogP contribution in [0.1, 0.15) is 30.9 Å². The van der Waals surface area contributed by atoms with Crippen LogP contribution in [0.2, 0.25) is 0 Å². The molecule has 3 rings (SSSR count). The van der Waals surface area contributed by atoms with Gasteiger partial charge in [0.1, 0.15) is 5.82 Å². The molecule has 1 saturated heterocycles. The maximum absolute atomic E-state index is 13.3. The molecule has 0 spiro atoms. The summed E-state index contributed by atoms with van der Waals surface area (Å²) >= 11 is 0. The lowest BCUT2D eigenvalue weighted by Gasteiger charge is -2.35. The van der Waals surface area contributed by atoms with Gasteiger partial charge in [-0.25, -0.2) is 4.39 Å². The summed E-state index contributed by atoms with van der Waals surface area (Å²) in [7, 11) is 1.80. The minimum Gasteiger partial charge on any atom is -0.379 e. The number of nitrogens with one attached hydrogen (secondary N) is 2. The molecule has 6 heteroatoms. The second-order valence-electron chi connectivity index (χ2n) is 6.83. The molecule has 1 unspecified atom stereocenters. The summed E-state index contributed by atoms with van der Waals surface area (Å²) in [6.45, 7) is 4.95. The predicted octanol–water partition coefficient (Wildman–Crippen LogP) is 2.16. The fourth-order valence-corrected chi connectivity index (χ4v) is 3.25. The summed E-state index contributed by atoms with van der Waals surface area (Å²) in [5, 5.41) is 6.83. The van der Waals surface area contributed by atoms with E-state index in [1.807, 2.05) is 12.1 Å². The molecule has 1 saturated carbocycles. The zero-order chi connectivity index (χ0) is 17.5. The minimum atomic E-state index is -0.199. The Morgan fingerprint density at radius 2 is 1.96 bits per heavy atom. The van der Waals surface area contributed by atoms with E-state index in [1.165, 1.54) is 31.4 Å². The Morgan fingerprint density at radius 3 is 2.60 bits per heavy atom. The number of benzene rings is 1. The number of hydrogen-bond donors (Lipinski definition) is 2. The zero-order valence-corrected chi connectivity index (χ0v) is 15.0. The van der Waals surface area contributed by atoms with Crippen molar-refractivity contribution in [3.8, 4) is 0 Å². The molecular formula is C19H29FN4O. The van der Waals surface area contributed by atoms with Crippen LogP contribution in [0.5, 0.6) is 0 Å². The number of nitrogens with zero attached hydrogens (tertiary/aromatic N) is 2. The second kappa shape index (κ2) is 9.15. The van der Waals surface area contributed by atoms with Crippen LogP contribution in [-0.4, -0.2) is 57.3 Å². The summed E-state index contributed by atoms with van der Waals surface area (Å²) in [5.41, 5.74) is 1.12. The summed E-state index contributed by atoms with van der Waals surface area (Å²) < 4.78 is 18.8. The molecule has 0 aromatic heterocycles. The van der Waals surface area contributed by atoms with Gasteiger partial charge in [-0.1, -0.05) is 25.0 Å². The average Bonchev–Trinajstić information content (AvgIpc) is 3.47. The maximum atomic E-state index is 13.3. The van der Waals surface area contributed by atoms with E-state index in [0.717, 1.165) is 56.8 Å². The van der Waals surface area contributed by atoms with Crippen LogP contribution in [0.3, 0.4) is 0 Å². The molecule has 1 atom stereocenters. The number of morpholine rings is 1. The zero-order valence-electron chi connectivity index (χ0n) is 15.0. The Bertz CT molecular complexity index is 553. The number of hydrogen-bond acceptors (Lipinski definition) is 3. The normalized spacial score (nSPS) is 20.3. The molecule has 0 bridgehead atoms. The lowest BCUT2D eigenvalue weighted by Crippen LogP contribution is -2.46. The predicted molar refractivity (Wildman–Crippen MR) is 98.2 cm³/mol. The molecule has 138 valence electrons. The Kier molecular flexibility index (Phi) is 6.64. The first-order valence-electron chi connectivity index (χ1n) is 9.28. The summed E-state index contributed by atoms with van der Waals surface area (Å²) in [5.74, 6) is 1.54. The van der Waals surface area contributed by atoms with E-state index in [2.05, 4.69) is 20.5 Å². The molecule has 5 nitrogen and oxygen atoms in total. The summed E-state index contributed by atoms with van der Waals surface area (Å²) in [4.78, 5) is 6.71. The fraction of sp³-hybridized carbons (Fsp3) is 0.632. The van der Waals surface area contributed by atoms with Gasteiger partial charge in [-0.05, 0) is 30.0 Å². The first-order chi connectivity index (χ1) is 12.3. The lowest BCUT2D eigenvalue weighted by atomic mass is 10.0. The Morgan fingerprint density at radius 1 is 1.24 bits per heavy atom. The molecule has 1 aliphatic heterocycles. The second-order valence-corrected chi connectivity index (χ2v) is 6.83. The van der Waals surface area contributed by atoms with Crippen molar-refractivity contribution >= 4 is 5.96 Å². The maximum Gasteiger partial charge on any atom is 0.191 e. The van der Waals surface area contributed by atoms with Crippen molar-refractivity contribution in [1.29, 1.82) is 0 Å². The van der Waals surface area contributed by atoms with Crippen molar-refractivity contribution in [2.75, 3.05) is 46.4 Å². The van der Waals surface area contributed by atoms with Gasteiger partial charge in [-0.3, -0.25) is 9.89 Å². The first-order valence-corrected chi connectivity index (χ1v) is 9.28. The Balaban J connectivity index is 1.58. The van der Waals surface area contributed by atoms with Crippen LogP contribution in [-0.2, 0) is 4.74 Å². The molecular weight excluding hydrogens is 319 g/mol. The van der Waals surface area contributed by atoms with Crippen LogP contribution in [0, 0.1) is 11.7 Å². The van der Waals surface area contributed by atoms with Crippen LogP contribution in [0.25, 0.3) is 0 Å². The van der Waals surface area contributed by atoms with Gasteiger partial charge in [0.25, 0.3) is 0 Å². The number of aliphatic imine (C=N–C) groups is 1. The first kappa shape index (κ1) is 18.1. The van der Waals surface area contributed by atoms with Crippen LogP contribution in [0.15, 0.2) is 29.3 Å². The third-order valence-corrected chi connectivity index (χ3v) is 4.97. The molecule has 2 aliphatic rings. The highest BCUT2D eigenvalue weighted by molar-refractivity contribution is 5.79. The monoisotopic (exact) mass is 348 g/mol. The van der Waals surface area contributed by atoms with Gasteiger partial charge in [0.2, 0.25) is 0 Å². The van der Waals surface area contributed by atoms with Gasteiger partial charge in [-0.2, -0.15) is 0 Å². The standard InChI is InChI=1S/C19H29FN4O/c1-21-19(22-9-8-15-2-3-15)23-14-18(24-10-12-25-13-11-24)16-4-6-17(20)7-5-16/h4-7,15,18H,2-3,8-14H2,1H3,(H2,21,22,23). The minimum absolute atomic E-state index is 0.173. The van der Waals surface area contributed by atoms with E-state index in [-0.39, 0.29) is 11.9 Å². The highest BCUT2D eigenvalue weighted by Gasteiger charge is 2.23. The van der Waals surface area contributed by atoms with Crippen molar-refractivity contribution in [1.82, 2.24) is 15.5 Å². The number of halogens is 1. The number of rotatable bonds is 7. The molecule has 25 heavy (non-hydrogen) atoms. The summed E-state index contributed by atoms with van der Waals surface area (Å²) in [6.07, 6.45) is 3.96. The Labute approximate surface area is 149 Å². The van der Waals surface area contributed by atoms with Crippen LogP contribution >= 0.6 is 0 Å². The molecule has 2 N–H and O–H groups in total. The molecule has 0 amide bonds. The van der Waals surface area contributed by atoms with E-state index in [9.17, 15) is 4.39 Å². The van der Waals surface area contributed by atoms with Gasteiger partial charge < -0.3 is 15.4 Å². The van der Waals surface area contributed by atoms with Gasteiger partial charge in [0, 0.05) is 33.2 Å². The largest absolute Gasteiger partial charge is 0.379 e. The summed E-state index contributed by atoms with van der Waals surface area (Å²) in [6, 6.07) is 6.99. The van der Waals surface area contributed by atoms with E-state index in [0.29, 0.717) is 0 Å². The van der Waals surface area contributed by atoms with Gasteiger partial charge in [-0.15, -0.1) is 0 Å². The third kappa shape index (κ3) is 5.68. The molecule has 0 radical (unpaired) electrons. The SMILES string of the molecule is CN=C(NCCC1CC1)NCC(c1ccc(F)cc1)N1CCOCC1. The van der Waals surface area contributed by atoms with E-state index in [1.54, 1.807) is 7.05 Å². The molecule has 1 aromatic rings. The van der Waals surface area contributed by atoms with Crippen molar-refractivity contribution in [2.45, 2.75) is 25.3 Å². The highest BCUT2D eigenvalue weighted by atomic mass is 19.1. The fourth-order valence-electron chi connectivity index (χ4n) is 3.25. The molecule has 2 fully saturated rings. The molecule has 1 aromatic carbocycles. The topological polar surface area (TPSA) is 48.9 Å². The van der Waals surface area contributed by atoms with Crippen molar-refractivity contribution < 1.29 is 9.13 Å². The van der Waals surface area contributed by atoms with Gasteiger partial charge in [0.05, 0.1) is 19.3 Å².